The summed E-state index contributed by atoms with van der Waals surface area (Å²) in [5.41, 5.74) is 0.786. The third-order valence-corrected chi connectivity index (χ3v) is 4.50. The maximum atomic E-state index is 12.0. The van der Waals surface area contributed by atoms with Crippen LogP contribution in [0.1, 0.15) is 21.0 Å². The van der Waals surface area contributed by atoms with Crippen molar-refractivity contribution in [3.63, 3.8) is 0 Å². The third kappa shape index (κ3) is 3.07. The standard InChI is InChI=1S/C19H11NO5S/c21-18(22)12-4-1-3-11(9-12)15-7-6-13(24-15)10-14-19(23)25-17(20-14)16-5-2-8-26-16/h1-10H,(H,21,22)/p-1/b14-10+. The fourth-order valence-electron chi connectivity index (χ4n) is 2.43. The first-order valence-electron chi connectivity index (χ1n) is 7.58. The van der Waals surface area contributed by atoms with Gasteiger partial charge in [0.25, 0.3) is 0 Å². The number of thiophene rings is 1. The quantitative estimate of drug-likeness (QED) is 0.524. The second-order valence-electron chi connectivity index (χ2n) is 5.38. The van der Waals surface area contributed by atoms with E-state index >= 15 is 0 Å². The molecule has 0 aliphatic carbocycles. The molecule has 0 saturated carbocycles. The summed E-state index contributed by atoms with van der Waals surface area (Å²) in [5, 5.41) is 12.8. The molecule has 26 heavy (non-hydrogen) atoms. The number of esters is 1. The molecule has 0 radical (unpaired) electrons. The van der Waals surface area contributed by atoms with E-state index in [0.29, 0.717) is 17.1 Å². The lowest BCUT2D eigenvalue weighted by atomic mass is 10.1. The number of nitrogens with zero attached hydrogens (tertiary/aromatic N) is 1. The van der Waals surface area contributed by atoms with E-state index in [2.05, 4.69) is 4.99 Å². The Hall–Kier alpha value is -3.45. The minimum Gasteiger partial charge on any atom is -0.545 e. The van der Waals surface area contributed by atoms with E-state index in [1.807, 2.05) is 17.5 Å². The number of carboxylic acid groups (broad SMARTS) is 1. The molecule has 0 saturated heterocycles. The van der Waals surface area contributed by atoms with Crippen molar-refractivity contribution < 1.29 is 23.8 Å². The first-order valence-corrected chi connectivity index (χ1v) is 8.46. The molecule has 7 heteroatoms. The Morgan fingerprint density at radius 3 is 2.81 bits per heavy atom. The molecule has 0 atom stereocenters. The van der Waals surface area contributed by atoms with Gasteiger partial charge in [0.2, 0.25) is 5.90 Å². The molecule has 2 aromatic heterocycles. The van der Waals surface area contributed by atoms with Crippen LogP contribution in [-0.4, -0.2) is 17.8 Å². The Balaban J connectivity index is 1.62. The van der Waals surface area contributed by atoms with Gasteiger partial charge in [-0.1, -0.05) is 24.3 Å². The van der Waals surface area contributed by atoms with Gasteiger partial charge in [0.1, 0.15) is 11.5 Å². The van der Waals surface area contributed by atoms with Crippen molar-refractivity contribution in [3.05, 3.63) is 75.8 Å². The Bertz CT molecular complexity index is 1060. The van der Waals surface area contributed by atoms with E-state index in [4.69, 9.17) is 9.15 Å². The predicted octanol–water partition coefficient (Wildman–Crippen LogP) is 2.72. The number of benzene rings is 1. The van der Waals surface area contributed by atoms with E-state index < -0.39 is 11.9 Å². The van der Waals surface area contributed by atoms with Gasteiger partial charge in [-0.05, 0) is 35.2 Å². The summed E-state index contributed by atoms with van der Waals surface area (Å²) < 4.78 is 10.8. The first kappa shape index (κ1) is 16.0. The molecule has 0 spiro atoms. The Morgan fingerprint density at radius 1 is 1.15 bits per heavy atom. The van der Waals surface area contributed by atoms with Crippen LogP contribution in [0.4, 0.5) is 0 Å². The molecule has 128 valence electrons. The van der Waals surface area contributed by atoms with Gasteiger partial charge < -0.3 is 19.1 Å². The second-order valence-corrected chi connectivity index (χ2v) is 6.33. The van der Waals surface area contributed by atoms with Crippen LogP contribution in [0.3, 0.4) is 0 Å². The maximum Gasteiger partial charge on any atom is 0.363 e. The zero-order valence-electron chi connectivity index (χ0n) is 13.2. The number of aromatic carboxylic acids is 1. The van der Waals surface area contributed by atoms with Crippen LogP contribution in [0.5, 0.6) is 0 Å². The lowest BCUT2D eigenvalue weighted by Crippen LogP contribution is -2.22. The molecular weight excluding hydrogens is 354 g/mol. The van der Waals surface area contributed by atoms with E-state index in [1.54, 1.807) is 24.3 Å². The highest BCUT2D eigenvalue weighted by Crippen LogP contribution is 2.26. The molecule has 6 nitrogen and oxygen atoms in total. The summed E-state index contributed by atoms with van der Waals surface area (Å²) in [5.74, 6) is -0.671. The van der Waals surface area contributed by atoms with Crippen LogP contribution in [0.15, 0.2) is 69.0 Å². The number of carbonyl (C=O) groups excluding carboxylic acids is 2. The average molecular weight is 364 g/mol. The molecular formula is C19H10NO5S-. The Labute approximate surface area is 151 Å². The third-order valence-electron chi connectivity index (χ3n) is 3.64. The zero-order valence-corrected chi connectivity index (χ0v) is 14.0. The van der Waals surface area contributed by atoms with Crippen LogP contribution >= 0.6 is 11.3 Å². The second kappa shape index (κ2) is 6.45. The average Bonchev–Trinajstić information content (AvgIpc) is 3.37. The monoisotopic (exact) mass is 364 g/mol. The largest absolute Gasteiger partial charge is 0.545 e. The topological polar surface area (TPSA) is 91.9 Å². The normalized spacial score (nSPS) is 15.2. The lowest BCUT2D eigenvalue weighted by molar-refractivity contribution is -0.255. The molecule has 0 N–H and O–H groups in total. The van der Waals surface area contributed by atoms with Crippen molar-refractivity contribution in [3.8, 4) is 11.3 Å². The zero-order chi connectivity index (χ0) is 18.1. The van der Waals surface area contributed by atoms with Crippen molar-refractivity contribution in [2.24, 2.45) is 4.99 Å². The number of cyclic esters (lactones) is 1. The minimum atomic E-state index is -1.26. The molecule has 0 amide bonds. The van der Waals surface area contributed by atoms with Crippen LogP contribution in [0.25, 0.3) is 17.4 Å². The highest BCUT2D eigenvalue weighted by Gasteiger charge is 2.25. The first-order chi connectivity index (χ1) is 12.6. The van der Waals surface area contributed by atoms with Crippen molar-refractivity contribution in [2.75, 3.05) is 0 Å². The Kier molecular flexibility index (Phi) is 3.98. The number of aliphatic imine (C=N–C) groups is 1. The van der Waals surface area contributed by atoms with Crippen molar-refractivity contribution in [1.82, 2.24) is 0 Å². The summed E-state index contributed by atoms with van der Waals surface area (Å²) in [6.45, 7) is 0. The summed E-state index contributed by atoms with van der Waals surface area (Å²) in [6, 6.07) is 13.2. The van der Waals surface area contributed by atoms with E-state index in [0.717, 1.165) is 4.88 Å². The van der Waals surface area contributed by atoms with Gasteiger partial charge in [0, 0.05) is 11.6 Å². The molecule has 1 aromatic carbocycles. The van der Waals surface area contributed by atoms with Gasteiger partial charge in [-0.2, -0.15) is 0 Å². The summed E-state index contributed by atoms with van der Waals surface area (Å²) in [7, 11) is 0. The predicted molar refractivity (Wildman–Crippen MR) is 93.4 cm³/mol. The van der Waals surface area contributed by atoms with E-state index in [1.165, 1.54) is 29.5 Å². The molecule has 1 aliphatic rings. The fourth-order valence-corrected chi connectivity index (χ4v) is 3.08. The molecule has 0 fully saturated rings. The number of carbonyl (C=O) groups is 2. The number of hydrogen-bond acceptors (Lipinski definition) is 7. The van der Waals surface area contributed by atoms with Crippen molar-refractivity contribution >= 4 is 35.2 Å². The SMILES string of the molecule is O=C1OC(c2cccs2)=N/C1=C/c1ccc(-c2cccc(C(=O)[O-])c2)o1. The van der Waals surface area contributed by atoms with Gasteiger partial charge in [0.15, 0.2) is 5.70 Å². The van der Waals surface area contributed by atoms with E-state index in [-0.39, 0.29) is 17.2 Å². The van der Waals surface area contributed by atoms with Gasteiger partial charge >= 0.3 is 5.97 Å². The van der Waals surface area contributed by atoms with Gasteiger partial charge in [-0.15, -0.1) is 11.3 Å². The molecule has 1 aliphatic heterocycles. The van der Waals surface area contributed by atoms with Crippen LogP contribution in [-0.2, 0) is 9.53 Å². The summed E-state index contributed by atoms with van der Waals surface area (Å²) in [4.78, 5) is 27.9. The van der Waals surface area contributed by atoms with Crippen LogP contribution < -0.4 is 5.11 Å². The number of carboxylic acids is 1. The molecule has 4 rings (SSSR count). The number of rotatable bonds is 4. The number of ether oxygens (including phenoxy) is 1. The van der Waals surface area contributed by atoms with Crippen molar-refractivity contribution in [1.29, 1.82) is 0 Å². The van der Waals surface area contributed by atoms with Gasteiger partial charge in [-0.25, -0.2) is 9.79 Å². The highest BCUT2D eigenvalue weighted by atomic mass is 32.1. The molecule has 0 bridgehead atoms. The molecule has 3 aromatic rings. The van der Waals surface area contributed by atoms with Gasteiger partial charge in [0.05, 0.1) is 10.8 Å². The van der Waals surface area contributed by atoms with Crippen LogP contribution in [0.2, 0.25) is 0 Å². The summed E-state index contributed by atoms with van der Waals surface area (Å²) in [6.07, 6.45) is 1.48. The number of hydrogen-bond donors (Lipinski definition) is 0. The van der Waals surface area contributed by atoms with Crippen molar-refractivity contribution in [2.45, 2.75) is 0 Å². The van der Waals surface area contributed by atoms with E-state index in [9.17, 15) is 14.7 Å². The lowest BCUT2D eigenvalue weighted by Gasteiger charge is -2.03. The minimum absolute atomic E-state index is 0.0587. The molecule has 0 unspecified atom stereocenters. The Morgan fingerprint density at radius 2 is 2.04 bits per heavy atom. The highest BCUT2D eigenvalue weighted by molar-refractivity contribution is 7.12. The number of furan rings is 1. The summed E-state index contributed by atoms with van der Waals surface area (Å²) >= 11 is 1.42. The smallest absolute Gasteiger partial charge is 0.363 e. The maximum absolute atomic E-state index is 12.0. The molecule has 3 heterocycles. The van der Waals surface area contributed by atoms with Gasteiger partial charge in [-0.3, -0.25) is 0 Å². The van der Waals surface area contributed by atoms with Crippen LogP contribution in [0, 0.1) is 0 Å². The fraction of sp³-hybridized carbons (Fsp3) is 0.